The van der Waals surface area contributed by atoms with Crippen LogP contribution in [0, 0.1) is 5.92 Å². The smallest absolute Gasteiger partial charge is 0.342 e. The lowest BCUT2D eigenvalue weighted by Crippen LogP contribution is -2.43. The summed E-state index contributed by atoms with van der Waals surface area (Å²) in [6, 6.07) is 5.30. The summed E-state index contributed by atoms with van der Waals surface area (Å²) in [6.45, 7) is 2.07. The van der Waals surface area contributed by atoms with E-state index in [0.29, 0.717) is 19.0 Å². The monoisotopic (exact) mass is 314 g/mol. The first-order valence-electron chi connectivity index (χ1n) is 7.49. The molecule has 1 heterocycles. The number of benzene rings is 1. The lowest BCUT2D eigenvalue weighted by molar-refractivity contribution is -0.138. The second-order valence-corrected chi connectivity index (χ2v) is 5.74. The first-order chi connectivity index (χ1) is 10.4. The van der Waals surface area contributed by atoms with Gasteiger partial charge in [-0.15, -0.1) is 0 Å². The Labute approximate surface area is 128 Å². The maximum absolute atomic E-state index is 13.0. The van der Waals surface area contributed by atoms with Crippen LogP contribution in [0.5, 0.6) is 0 Å². The molecule has 1 aliphatic heterocycles. The Morgan fingerprint density at radius 2 is 2.09 bits per heavy atom. The van der Waals surface area contributed by atoms with Gasteiger partial charge < -0.3 is 10.2 Å². The van der Waals surface area contributed by atoms with Crippen molar-refractivity contribution in [3.05, 3.63) is 35.4 Å². The first kappa shape index (κ1) is 16.8. The molecule has 1 N–H and O–H groups in total. The van der Waals surface area contributed by atoms with Gasteiger partial charge >= 0.3 is 6.18 Å². The fraction of sp³-hybridized carbons (Fsp3) is 0.562. The molecule has 0 saturated carbocycles. The Kier molecular flexibility index (Phi) is 5.45. The molecule has 1 saturated heterocycles. The molecule has 1 amide bonds. The number of likely N-dealkylation sites (tertiary alicyclic amines) is 1. The highest BCUT2D eigenvalue weighted by Crippen LogP contribution is 2.32. The number of nitrogens with zero attached hydrogens (tertiary/aromatic N) is 1. The van der Waals surface area contributed by atoms with E-state index in [1.807, 2.05) is 7.05 Å². The number of alkyl halides is 3. The lowest BCUT2D eigenvalue weighted by atomic mass is 9.97. The summed E-state index contributed by atoms with van der Waals surface area (Å²) in [5.74, 6) is 0.151. The minimum atomic E-state index is -4.42. The van der Waals surface area contributed by atoms with Crippen molar-refractivity contribution in [2.45, 2.75) is 25.4 Å². The molecule has 0 unspecified atom stereocenters. The fourth-order valence-electron chi connectivity index (χ4n) is 2.97. The summed E-state index contributed by atoms with van der Waals surface area (Å²) in [4.78, 5) is 14.0. The van der Waals surface area contributed by atoms with E-state index in [0.717, 1.165) is 25.5 Å². The molecule has 1 atom stereocenters. The van der Waals surface area contributed by atoms with Crippen LogP contribution in [-0.4, -0.2) is 37.5 Å². The molecule has 22 heavy (non-hydrogen) atoms. The lowest BCUT2D eigenvalue weighted by Gasteiger charge is -2.33. The standard InChI is InChI=1S/C16H21F3N2O/c1-20-10-12-5-4-8-21(11-12)15(22)9-13-6-2-3-7-14(13)16(17,18)19/h2-3,6-7,12,20H,4-5,8-11H2,1H3/t12-/m1/s1. The van der Waals surface area contributed by atoms with E-state index in [1.165, 1.54) is 18.2 Å². The van der Waals surface area contributed by atoms with Crippen molar-refractivity contribution in [2.24, 2.45) is 5.92 Å². The number of amides is 1. The van der Waals surface area contributed by atoms with E-state index >= 15 is 0 Å². The molecular formula is C16H21F3N2O. The molecule has 1 aromatic carbocycles. The minimum Gasteiger partial charge on any atom is -0.342 e. The van der Waals surface area contributed by atoms with Crippen molar-refractivity contribution in [1.82, 2.24) is 10.2 Å². The van der Waals surface area contributed by atoms with Crippen LogP contribution in [0.4, 0.5) is 13.2 Å². The Bertz CT molecular complexity index is 514. The number of hydrogen-bond donors (Lipinski definition) is 1. The van der Waals surface area contributed by atoms with Crippen LogP contribution < -0.4 is 5.32 Å². The van der Waals surface area contributed by atoms with E-state index in [4.69, 9.17) is 0 Å². The summed E-state index contributed by atoms with van der Waals surface area (Å²) in [5, 5.41) is 3.09. The maximum Gasteiger partial charge on any atom is 0.416 e. The van der Waals surface area contributed by atoms with Crippen molar-refractivity contribution in [3.63, 3.8) is 0 Å². The predicted molar refractivity (Wildman–Crippen MR) is 78.4 cm³/mol. The van der Waals surface area contributed by atoms with Gasteiger partial charge in [-0.05, 0) is 44.0 Å². The maximum atomic E-state index is 13.0. The van der Waals surface area contributed by atoms with Gasteiger partial charge in [0.25, 0.3) is 0 Å². The van der Waals surface area contributed by atoms with Gasteiger partial charge in [0.15, 0.2) is 0 Å². The predicted octanol–water partition coefficient (Wildman–Crippen LogP) is 2.71. The van der Waals surface area contributed by atoms with Gasteiger partial charge in [0, 0.05) is 13.1 Å². The Hall–Kier alpha value is -1.56. The van der Waals surface area contributed by atoms with E-state index < -0.39 is 11.7 Å². The molecule has 122 valence electrons. The molecule has 1 aliphatic rings. The zero-order chi connectivity index (χ0) is 16.2. The Balaban J connectivity index is 2.06. The second kappa shape index (κ2) is 7.13. The quantitative estimate of drug-likeness (QED) is 0.927. The van der Waals surface area contributed by atoms with E-state index in [2.05, 4.69) is 5.32 Å². The highest BCUT2D eigenvalue weighted by Gasteiger charge is 2.34. The molecular weight excluding hydrogens is 293 g/mol. The number of carbonyl (C=O) groups excluding carboxylic acids is 1. The number of carbonyl (C=O) groups is 1. The van der Waals surface area contributed by atoms with Crippen molar-refractivity contribution in [3.8, 4) is 0 Å². The summed E-state index contributed by atoms with van der Waals surface area (Å²) in [5.41, 5.74) is -0.664. The van der Waals surface area contributed by atoms with Gasteiger partial charge in [-0.2, -0.15) is 13.2 Å². The van der Waals surface area contributed by atoms with Crippen molar-refractivity contribution in [1.29, 1.82) is 0 Å². The van der Waals surface area contributed by atoms with Gasteiger partial charge in [-0.1, -0.05) is 18.2 Å². The number of rotatable bonds is 4. The molecule has 2 rings (SSSR count). The molecule has 6 heteroatoms. The topological polar surface area (TPSA) is 32.3 Å². The summed E-state index contributed by atoms with van der Waals surface area (Å²) in [6.07, 6.45) is -2.67. The zero-order valence-electron chi connectivity index (χ0n) is 12.6. The molecule has 0 aliphatic carbocycles. The Morgan fingerprint density at radius 3 is 2.77 bits per heavy atom. The van der Waals surface area contributed by atoms with Crippen LogP contribution in [0.1, 0.15) is 24.0 Å². The van der Waals surface area contributed by atoms with Crippen LogP contribution in [0.25, 0.3) is 0 Å². The van der Waals surface area contributed by atoms with E-state index in [-0.39, 0.29) is 17.9 Å². The summed E-state index contributed by atoms with van der Waals surface area (Å²) >= 11 is 0. The highest BCUT2D eigenvalue weighted by atomic mass is 19.4. The van der Waals surface area contributed by atoms with E-state index in [9.17, 15) is 18.0 Å². The minimum absolute atomic E-state index is 0.0516. The van der Waals surface area contributed by atoms with Crippen molar-refractivity contribution in [2.75, 3.05) is 26.7 Å². The summed E-state index contributed by atoms with van der Waals surface area (Å²) < 4.78 is 38.9. The van der Waals surface area contributed by atoms with Crippen molar-refractivity contribution < 1.29 is 18.0 Å². The number of hydrogen-bond acceptors (Lipinski definition) is 2. The van der Waals surface area contributed by atoms with Gasteiger partial charge in [-0.3, -0.25) is 4.79 Å². The Morgan fingerprint density at radius 1 is 1.36 bits per heavy atom. The van der Waals surface area contributed by atoms with Gasteiger partial charge in [0.2, 0.25) is 5.91 Å². The number of halogens is 3. The van der Waals surface area contributed by atoms with E-state index in [1.54, 1.807) is 4.90 Å². The highest BCUT2D eigenvalue weighted by molar-refractivity contribution is 5.79. The molecule has 0 bridgehead atoms. The van der Waals surface area contributed by atoms with Crippen LogP contribution in [0.15, 0.2) is 24.3 Å². The third kappa shape index (κ3) is 4.22. The molecule has 0 aromatic heterocycles. The molecule has 0 spiro atoms. The fourth-order valence-corrected chi connectivity index (χ4v) is 2.97. The normalized spacial score (nSPS) is 19.3. The second-order valence-electron chi connectivity index (χ2n) is 5.74. The first-order valence-corrected chi connectivity index (χ1v) is 7.49. The van der Waals surface area contributed by atoms with Crippen LogP contribution in [0.2, 0.25) is 0 Å². The SMILES string of the molecule is CNC[C@H]1CCCN(C(=O)Cc2ccccc2C(F)(F)F)C1. The molecule has 0 radical (unpaired) electrons. The van der Waals surface area contributed by atoms with Gasteiger partial charge in [0.1, 0.15) is 0 Å². The molecule has 1 fully saturated rings. The van der Waals surface area contributed by atoms with Gasteiger partial charge in [-0.25, -0.2) is 0 Å². The third-order valence-electron chi connectivity index (χ3n) is 4.03. The van der Waals surface area contributed by atoms with Gasteiger partial charge in [0.05, 0.1) is 12.0 Å². The average molecular weight is 314 g/mol. The number of piperidine rings is 1. The molecule has 1 aromatic rings. The average Bonchev–Trinajstić information content (AvgIpc) is 2.47. The van der Waals surface area contributed by atoms with Crippen LogP contribution in [0.3, 0.4) is 0 Å². The zero-order valence-corrected chi connectivity index (χ0v) is 12.6. The largest absolute Gasteiger partial charge is 0.416 e. The third-order valence-corrected chi connectivity index (χ3v) is 4.03. The van der Waals surface area contributed by atoms with Crippen LogP contribution >= 0.6 is 0 Å². The molecule has 3 nitrogen and oxygen atoms in total. The summed E-state index contributed by atoms with van der Waals surface area (Å²) in [7, 11) is 1.86. The van der Waals surface area contributed by atoms with Crippen molar-refractivity contribution >= 4 is 5.91 Å². The van der Waals surface area contributed by atoms with Crippen LogP contribution in [-0.2, 0) is 17.4 Å². The number of nitrogens with one attached hydrogen (secondary N) is 1.